The molecule has 2 N–H and O–H groups in total. The number of Topliss-reactive ketones (excluding diaryl/α,β-unsaturated/α-hetero) is 1. The van der Waals surface area contributed by atoms with Gasteiger partial charge in [-0.05, 0) is 27.9 Å². The highest BCUT2D eigenvalue weighted by molar-refractivity contribution is 9.10. The monoisotopic (exact) mass is 349 g/mol. The number of rotatable bonds is 6. The Bertz CT molecular complexity index is 622. The first-order chi connectivity index (χ1) is 10.1. The van der Waals surface area contributed by atoms with E-state index in [9.17, 15) is 4.79 Å². The maximum absolute atomic E-state index is 12.6. The van der Waals surface area contributed by atoms with Crippen LogP contribution in [0.15, 0.2) is 34.8 Å². The van der Waals surface area contributed by atoms with Crippen LogP contribution in [0, 0.1) is 0 Å². The first-order valence-corrected chi connectivity index (χ1v) is 7.85. The van der Waals surface area contributed by atoms with E-state index in [0.29, 0.717) is 13.0 Å². The summed E-state index contributed by atoms with van der Waals surface area (Å²) in [5, 5.41) is 4.43. The summed E-state index contributed by atoms with van der Waals surface area (Å²) < 4.78 is 2.71. The van der Waals surface area contributed by atoms with Crippen molar-refractivity contribution in [1.82, 2.24) is 9.78 Å². The van der Waals surface area contributed by atoms with E-state index in [-0.39, 0.29) is 11.7 Å². The second kappa shape index (κ2) is 7.00. The molecule has 0 spiro atoms. The highest BCUT2D eigenvalue weighted by Crippen LogP contribution is 2.25. The quantitative estimate of drug-likeness (QED) is 0.871. The van der Waals surface area contributed by atoms with Crippen molar-refractivity contribution in [3.05, 3.63) is 51.8 Å². The normalized spacial score (nSPS) is 12.4. The summed E-state index contributed by atoms with van der Waals surface area (Å²) in [6.45, 7) is 2.37. The number of benzene rings is 1. The van der Waals surface area contributed by atoms with E-state index in [1.807, 2.05) is 44.3 Å². The van der Waals surface area contributed by atoms with Crippen LogP contribution < -0.4 is 5.73 Å². The minimum Gasteiger partial charge on any atom is -0.329 e. The molecule has 112 valence electrons. The Labute approximate surface area is 133 Å². The number of halogens is 1. The number of nitrogens with two attached hydrogens (primary N) is 1. The Morgan fingerprint density at radius 3 is 2.57 bits per heavy atom. The molecule has 1 atom stereocenters. The summed E-state index contributed by atoms with van der Waals surface area (Å²) in [4.78, 5) is 12.6. The molecule has 21 heavy (non-hydrogen) atoms. The molecule has 1 aromatic carbocycles. The van der Waals surface area contributed by atoms with Gasteiger partial charge in [0.1, 0.15) is 5.78 Å². The van der Waals surface area contributed by atoms with Gasteiger partial charge in [-0.2, -0.15) is 5.10 Å². The van der Waals surface area contributed by atoms with Crippen LogP contribution in [0.1, 0.15) is 29.8 Å². The highest BCUT2D eigenvalue weighted by Gasteiger charge is 2.22. The summed E-state index contributed by atoms with van der Waals surface area (Å²) in [5.74, 6) is -0.145. The van der Waals surface area contributed by atoms with Gasteiger partial charge < -0.3 is 5.73 Å². The van der Waals surface area contributed by atoms with Gasteiger partial charge in [-0.15, -0.1) is 0 Å². The molecule has 0 radical (unpaired) electrons. The van der Waals surface area contributed by atoms with Crippen molar-refractivity contribution < 1.29 is 4.79 Å². The largest absolute Gasteiger partial charge is 0.329 e. The Morgan fingerprint density at radius 1 is 1.38 bits per heavy atom. The number of carbonyl (C=O) groups excluding carboxylic acids is 1. The standard InChI is InChI=1S/C16H20BrN3O/c1-3-13-16(17)14(20(2)19-13)9-15(21)12(10-18)11-7-5-4-6-8-11/h4-8,12H,3,9-10,18H2,1-2H3. The molecule has 0 saturated heterocycles. The van der Waals surface area contributed by atoms with Crippen LogP contribution in [0.25, 0.3) is 0 Å². The lowest BCUT2D eigenvalue weighted by molar-refractivity contribution is -0.119. The summed E-state index contributed by atoms with van der Waals surface area (Å²) in [6.07, 6.45) is 1.17. The van der Waals surface area contributed by atoms with Gasteiger partial charge in [0.15, 0.2) is 0 Å². The van der Waals surface area contributed by atoms with Crippen LogP contribution in [0.2, 0.25) is 0 Å². The van der Waals surface area contributed by atoms with E-state index in [0.717, 1.165) is 27.8 Å². The maximum Gasteiger partial charge on any atom is 0.147 e. The number of hydrogen-bond acceptors (Lipinski definition) is 3. The molecule has 0 fully saturated rings. The summed E-state index contributed by atoms with van der Waals surface area (Å²) in [6, 6.07) is 9.70. The molecule has 0 aliphatic rings. The van der Waals surface area contributed by atoms with Gasteiger partial charge in [0, 0.05) is 13.6 Å². The average Bonchev–Trinajstić information content (AvgIpc) is 2.76. The lowest BCUT2D eigenvalue weighted by atomic mass is 9.92. The molecule has 0 amide bonds. The van der Waals surface area contributed by atoms with Gasteiger partial charge in [-0.25, -0.2) is 0 Å². The first-order valence-electron chi connectivity index (χ1n) is 7.06. The van der Waals surface area contributed by atoms with Crippen LogP contribution >= 0.6 is 15.9 Å². The van der Waals surface area contributed by atoms with Crippen molar-refractivity contribution in [3.63, 3.8) is 0 Å². The fourth-order valence-electron chi connectivity index (χ4n) is 2.44. The molecule has 1 unspecified atom stereocenters. The Hall–Kier alpha value is -1.46. The Kier molecular flexibility index (Phi) is 5.31. The second-order valence-corrected chi connectivity index (χ2v) is 5.82. The van der Waals surface area contributed by atoms with Crippen molar-refractivity contribution in [2.75, 3.05) is 6.54 Å². The summed E-state index contributed by atoms with van der Waals surface area (Å²) >= 11 is 3.55. The zero-order chi connectivity index (χ0) is 15.4. The second-order valence-electron chi connectivity index (χ2n) is 5.03. The van der Waals surface area contributed by atoms with Gasteiger partial charge >= 0.3 is 0 Å². The summed E-state index contributed by atoms with van der Waals surface area (Å²) in [7, 11) is 1.87. The van der Waals surface area contributed by atoms with Crippen LogP contribution in [-0.2, 0) is 24.7 Å². The zero-order valence-corrected chi connectivity index (χ0v) is 13.9. The number of ketones is 1. The lowest BCUT2D eigenvalue weighted by Gasteiger charge is -2.14. The lowest BCUT2D eigenvalue weighted by Crippen LogP contribution is -2.24. The molecule has 2 aromatic rings. The molecule has 0 aliphatic carbocycles. The molecule has 2 rings (SSSR count). The fourth-order valence-corrected chi connectivity index (χ4v) is 3.20. The third-order valence-corrected chi connectivity index (χ3v) is 4.59. The topological polar surface area (TPSA) is 60.9 Å². The predicted molar refractivity (Wildman–Crippen MR) is 87.2 cm³/mol. The van der Waals surface area contributed by atoms with E-state index in [2.05, 4.69) is 21.0 Å². The number of nitrogens with zero attached hydrogens (tertiary/aromatic N) is 2. The molecular formula is C16H20BrN3O. The van der Waals surface area contributed by atoms with E-state index in [1.54, 1.807) is 4.68 Å². The fraction of sp³-hybridized carbons (Fsp3) is 0.375. The number of carbonyl (C=O) groups is 1. The SMILES string of the molecule is CCc1nn(C)c(CC(=O)C(CN)c2ccccc2)c1Br. The molecule has 1 aromatic heterocycles. The van der Waals surface area contributed by atoms with Gasteiger partial charge in [-0.1, -0.05) is 37.3 Å². The van der Waals surface area contributed by atoms with Crippen molar-refractivity contribution in [2.24, 2.45) is 12.8 Å². The van der Waals surface area contributed by atoms with Gasteiger partial charge in [0.25, 0.3) is 0 Å². The Balaban J connectivity index is 2.23. The van der Waals surface area contributed by atoms with Gasteiger partial charge in [0.2, 0.25) is 0 Å². The van der Waals surface area contributed by atoms with Crippen molar-refractivity contribution >= 4 is 21.7 Å². The van der Waals surface area contributed by atoms with Crippen molar-refractivity contribution in [3.8, 4) is 0 Å². The van der Waals surface area contributed by atoms with Crippen LogP contribution in [0.5, 0.6) is 0 Å². The van der Waals surface area contributed by atoms with E-state index < -0.39 is 0 Å². The first kappa shape index (κ1) is 15.9. The van der Waals surface area contributed by atoms with E-state index in [4.69, 9.17) is 5.73 Å². The van der Waals surface area contributed by atoms with Gasteiger partial charge in [0.05, 0.1) is 28.2 Å². The number of hydrogen-bond donors (Lipinski definition) is 1. The van der Waals surface area contributed by atoms with E-state index >= 15 is 0 Å². The molecule has 0 aliphatic heterocycles. The minimum atomic E-state index is -0.266. The smallest absolute Gasteiger partial charge is 0.147 e. The van der Waals surface area contributed by atoms with Crippen LogP contribution in [-0.4, -0.2) is 22.1 Å². The van der Waals surface area contributed by atoms with Gasteiger partial charge in [-0.3, -0.25) is 9.48 Å². The highest BCUT2D eigenvalue weighted by atomic mass is 79.9. The third kappa shape index (κ3) is 3.41. The molecule has 0 saturated carbocycles. The zero-order valence-electron chi connectivity index (χ0n) is 12.3. The molecule has 1 heterocycles. The molecule has 4 nitrogen and oxygen atoms in total. The van der Waals surface area contributed by atoms with Crippen molar-refractivity contribution in [1.29, 1.82) is 0 Å². The Morgan fingerprint density at radius 2 is 2.05 bits per heavy atom. The summed E-state index contributed by atoms with van der Waals surface area (Å²) in [5.41, 5.74) is 8.67. The predicted octanol–water partition coefficient (Wildman–Crippen LogP) is 2.60. The molecular weight excluding hydrogens is 330 g/mol. The molecule has 5 heteroatoms. The average molecular weight is 350 g/mol. The minimum absolute atomic E-state index is 0.120. The number of aromatic nitrogens is 2. The van der Waals surface area contributed by atoms with Crippen molar-refractivity contribution in [2.45, 2.75) is 25.7 Å². The maximum atomic E-state index is 12.6. The number of aryl methyl sites for hydroxylation is 2. The van der Waals surface area contributed by atoms with E-state index in [1.165, 1.54) is 0 Å². The van der Waals surface area contributed by atoms with Crippen LogP contribution in [0.3, 0.4) is 0 Å². The van der Waals surface area contributed by atoms with Crippen LogP contribution in [0.4, 0.5) is 0 Å². The third-order valence-electron chi connectivity index (χ3n) is 3.67. The molecule has 0 bridgehead atoms.